The fourth-order valence-corrected chi connectivity index (χ4v) is 2.17. The van der Waals surface area contributed by atoms with Crippen molar-refractivity contribution >= 4 is 17.4 Å². The molecule has 21 heavy (non-hydrogen) atoms. The van der Waals surface area contributed by atoms with Crippen molar-refractivity contribution in [2.75, 3.05) is 38.0 Å². The van der Waals surface area contributed by atoms with Crippen LogP contribution in [-0.4, -0.2) is 49.8 Å². The molecule has 1 atom stereocenters. The largest absolute Gasteiger partial charge is 0.394 e. The van der Waals surface area contributed by atoms with Gasteiger partial charge >= 0.3 is 6.03 Å². The second-order valence-electron chi connectivity index (χ2n) is 6.55. The molecule has 0 saturated carbocycles. The molecule has 0 aromatic heterocycles. The van der Waals surface area contributed by atoms with Crippen molar-refractivity contribution in [1.82, 2.24) is 4.90 Å². The molecule has 0 saturated heterocycles. The Morgan fingerprint density at radius 2 is 1.71 bits per heavy atom. The van der Waals surface area contributed by atoms with Crippen molar-refractivity contribution in [2.45, 2.75) is 26.8 Å². The quantitative estimate of drug-likeness (QED) is 0.897. The second kappa shape index (κ2) is 6.80. The number of hydrogen-bond acceptors (Lipinski definition) is 3. The zero-order valence-corrected chi connectivity index (χ0v) is 13.8. The molecule has 0 aliphatic rings. The normalized spacial score (nSPS) is 12.7. The van der Waals surface area contributed by atoms with Crippen LogP contribution in [0.15, 0.2) is 24.3 Å². The number of hydrogen-bond donors (Lipinski definition) is 2. The zero-order valence-electron chi connectivity index (χ0n) is 13.8. The third kappa shape index (κ3) is 4.63. The van der Waals surface area contributed by atoms with Gasteiger partial charge in [-0.3, -0.25) is 0 Å². The smallest absolute Gasteiger partial charge is 0.321 e. The van der Waals surface area contributed by atoms with E-state index in [0.29, 0.717) is 0 Å². The molecule has 5 heteroatoms. The summed E-state index contributed by atoms with van der Waals surface area (Å²) in [5.41, 5.74) is 1.63. The predicted molar refractivity (Wildman–Crippen MR) is 87.9 cm³/mol. The highest BCUT2D eigenvalue weighted by atomic mass is 16.3. The molecule has 5 nitrogen and oxygen atoms in total. The lowest BCUT2D eigenvalue weighted by Crippen LogP contribution is -2.48. The summed E-state index contributed by atoms with van der Waals surface area (Å²) in [6.45, 7) is 5.95. The predicted octanol–water partition coefficient (Wildman–Crippen LogP) is 2.62. The third-order valence-electron chi connectivity index (χ3n) is 3.60. The van der Waals surface area contributed by atoms with E-state index >= 15 is 0 Å². The minimum Gasteiger partial charge on any atom is -0.394 e. The highest BCUT2D eigenvalue weighted by Gasteiger charge is 2.30. The average molecular weight is 293 g/mol. The fraction of sp³-hybridized carbons (Fsp3) is 0.562. The first kappa shape index (κ1) is 17.3. The van der Waals surface area contributed by atoms with Crippen LogP contribution in [0, 0.1) is 5.41 Å². The van der Waals surface area contributed by atoms with Crippen LogP contribution in [0.4, 0.5) is 16.2 Å². The minimum atomic E-state index is -0.237. The van der Waals surface area contributed by atoms with Crippen LogP contribution in [0.5, 0.6) is 0 Å². The fourth-order valence-electron chi connectivity index (χ4n) is 2.17. The van der Waals surface area contributed by atoms with Gasteiger partial charge in [-0.25, -0.2) is 4.79 Å². The van der Waals surface area contributed by atoms with Gasteiger partial charge in [0, 0.05) is 32.5 Å². The second-order valence-corrected chi connectivity index (χ2v) is 6.55. The maximum atomic E-state index is 12.3. The number of carbonyl (C=O) groups excluding carboxylic acids is 1. The van der Waals surface area contributed by atoms with Crippen molar-refractivity contribution in [2.24, 2.45) is 5.41 Å². The van der Waals surface area contributed by atoms with Gasteiger partial charge in [0.05, 0.1) is 12.6 Å². The molecule has 2 amide bonds. The number of nitrogens with zero attached hydrogens (tertiary/aromatic N) is 2. The van der Waals surface area contributed by atoms with Crippen molar-refractivity contribution in [3.05, 3.63) is 24.3 Å². The first-order valence-electron chi connectivity index (χ1n) is 7.09. The van der Waals surface area contributed by atoms with Crippen molar-refractivity contribution in [3.8, 4) is 0 Å². The number of nitrogens with one attached hydrogen (secondary N) is 1. The van der Waals surface area contributed by atoms with Gasteiger partial charge in [-0.15, -0.1) is 0 Å². The number of likely N-dealkylation sites (N-methyl/N-ethyl adjacent to an activating group) is 1. The van der Waals surface area contributed by atoms with Crippen LogP contribution < -0.4 is 10.2 Å². The Balaban J connectivity index is 2.76. The molecule has 2 N–H and O–H groups in total. The van der Waals surface area contributed by atoms with E-state index in [2.05, 4.69) is 5.32 Å². The maximum Gasteiger partial charge on any atom is 0.321 e. The van der Waals surface area contributed by atoms with Crippen LogP contribution >= 0.6 is 0 Å². The van der Waals surface area contributed by atoms with Crippen LogP contribution in [0.25, 0.3) is 0 Å². The molecule has 0 fully saturated rings. The van der Waals surface area contributed by atoms with Crippen molar-refractivity contribution < 1.29 is 9.90 Å². The van der Waals surface area contributed by atoms with E-state index in [-0.39, 0.29) is 24.1 Å². The van der Waals surface area contributed by atoms with Crippen LogP contribution in [0.2, 0.25) is 0 Å². The van der Waals surface area contributed by atoms with Gasteiger partial charge < -0.3 is 20.2 Å². The maximum absolute atomic E-state index is 12.3. The molecule has 0 spiro atoms. The highest BCUT2D eigenvalue weighted by Crippen LogP contribution is 2.24. The van der Waals surface area contributed by atoms with Crippen molar-refractivity contribution in [1.29, 1.82) is 0 Å². The highest BCUT2D eigenvalue weighted by molar-refractivity contribution is 5.89. The van der Waals surface area contributed by atoms with E-state index in [4.69, 9.17) is 0 Å². The molecule has 0 radical (unpaired) electrons. The molecule has 0 heterocycles. The van der Waals surface area contributed by atoms with Gasteiger partial charge in [-0.1, -0.05) is 20.8 Å². The monoisotopic (exact) mass is 293 g/mol. The summed E-state index contributed by atoms with van der Waals surface area (Å²) in [5, 5.41) is 12.4. The van der Waals surface area contributed by atoms with E-state index in [9.17, 15) is 9.90 Å². The molecule has 0 aliphatic heterocycles. The molecule has 118 valence electrons. The third-order valence-corrected chi connectivity index (χ3v) is 3.60. The van der Waals surface area contributed by atoms with E-state index in [1.165, 1.54) is 0 Å². The summed E-state index contributed by atoms with van der Waals surface area (Å²) in [7, 11) is 5.64. The Kier molecular flexibility index (Phi) is 5.61. The summed E-state index contributed by atoms with van der Waals surface area (Å²) >= 11 is 0. The van der Waals surface area contributed by atoms with E-state index in [0.717, 1.165) is 11.4 Å². The Hall–Kier alpha value is -1.75. The topological polar surface area (TPSA) is 55.8 Å². The van der Waals surface area contributed by atoms with E-state index < -0.39 is 0 Å². The number of carbonyl (C=O) groups is 1. The zero-order chi connectivity index (χ0) is 16.2. The standard InChI is InChI=1S/C16H27N3O2/c1-16(2,3)14(11-20)19(6)15(21)17-12-7-9-13(10-8-12)18(4)5/h7-10,14,20H,11H2,1-6H3,(H,17,21). The van der Waals surface area contributed by atoms with Crippen LogP contribution in [-0.2, 0) is 0 Å². The van der Waals surface area contributed by atoms with Gasteiger partial charge in [0.1, 0.15) is 0 Å². The average Bonchev–Trinajstić information content (AvgIpc) is 2.38. The Labute approximate surface area is 127 Å². The Bertz CT molecular complexity index is 463. The number of amides is 2. The number of aliphatic hydroxyl groups is 1. The number of rotatable bonds is 4. The number of anilines is 2. The summed E-state index contributed by atoms with van der Waals surface area (Å²) in [4.78, 5) is 15.8. The van der Waals surface area contributed by atoms with Crippen LogP contribution in [0.1, 0.15) is 20.8 Å². The van der Waals surface area contributed by atoms with E-state index in [1.54, 1.807) is 11.9 Å². The van der Waals surface area contributed by atoms with Gasteiger partial charge in [0.15, 0.2) is 0 Å². The number of aliphatic hydroxyl groups excluding tert-OH is 1. The lowest BCUT2D eigenvalue weighted by molar-refractivity contribution is 0.0886. The molecular formula is C16H27N3O2. The van der Waals surface area contributed by atoms with Gasteiger partial charge in [0.2, 0.25) is 0 Å². The van der Waals surface area contributed by atoms with Gasteiger partial charge in [-0.05, 0) is 29.7 Å². The Morgan fingerprint density at radius 1 is 1.19 bits per heavy atom. The first-order chi connectivity index (χ1) is 9.66. The molecule has 0 bridgehead atoms. The first-order valence-corrected chi connectivity index (χ1v) is 7.09. The molecule has 1 aromatic carbocycles. The summed E-state index contributed by atoms with van der Waals surface area (Å²) in [5.74, 6) is 0. The lowest BCUT2D eigenvalue weighted by Gasteiger charge is -2.36. The molecule has 1 unspecified atom stereocenters. The minimum absolute atomic E-state index is 0.0625. The molecule has 1 rings (SSSR count). The molecule has 1 aromatic rings. The summed E-state index contributed by atoms with van der Waals surface area (Å²) in [6, 6.07) is 7.17. The summed E-state index contributed by atoms with van der Waals surface area (Å²) in [6.07, 6.45) is 0. The SMILES string of the molecule is CN(C)c1ccc(NC(=O)N(C)C(CO)C(C)(C)C)cc1. The lowest BCUT2D eigenvalue weighted by atomic mass is 9.86. The number of urea groups is 1. The van der Waals surface area contributed by atoms with Crippen molar-refractivity contribution in [3.63, 3.8) is 0 Å². The number of benzene rings is 1. The van der Waals surface area contributed by atoms with Gasteiger partial charge in [-0.2, -0.15) is 0 Å². The van der Waals surface area contributed by atoms with Crippen LogP contribution in [0.3, 0.4) is 0 Å². The Morgan fingerprint density at radius 3 is 2.10 bits per heavy atom. The molecule has 0 aliphatic carbocycles. The molecular weight excluding hydrogens is 266 g/mol. The van der Waals surface area contributed by atoms with E-state index in [1.807, 2.05) is 64.0 Å². The summed E-state index contributed by atoms with van der Waals surface area (Å²) < 4.78 is 0. The van der Waals surface area contributed by atoms with Gasteiger partial charge in [0.25, 0.3) is 0 Å².